The molecule has 0 aliphatic rings. The second-order valence-electron chi connectivity index (χ2n) is 3.39. The van der Waals surface area contributed by atoms with E-state index >= 15 is 0 Å². The van der Waals surface area contributed by atoms with Crippen molar-refractivity contribution in [2.75, 3.05) is 0 Å². The number of rotatable bonds is 2. The van der Waals surface area contributed by atoms with E-state index in [0.29, 0.717) is 11.1 Å². The average molecular weight is 238 g/mol. The normalized spacial score (nSPS) is 10.6. The summed E-state index contributed by atoms with van der Waals surface area (Å²) in [6.45, 7) is 0. The number of hydrogen-bond donors (Lipinski definition) is 2. The number of carbonyl (C=O) groups is 1. The molecule has 0 saturated heterocycles. The molecule has 16 heavy (non-hydrogen) atoms. The summed E-state index contributed by atoms with van der Waals surface area (Å²) in [5.41, 5.74) is 1.01. The summed E-state index contributed by atoms with van der Waals surface area (Å²) in [5.74, 6) is -0.858. The van der Waals surface area contributed by atoms with Gasteiger partial charge >= 0.3 is 5.97 Å². The predicted molar refractivity (Wildman–Crippen MR) is 59.8 cm³/mol. The molecule has 0 aliphatic carbocycles. The number of benzene rings is 1. The topological polar surface area (TPSA) is 70.4 Å². The zero-order valence-electron chi connectivity index (χ0n) is 8.14. The van der Waals surface area contributed by atoms with E-state index in [4.69, 9.17) is 16.7 Å². The first kappa shape index (κ1) is 10.7. The minimum atomic E-state index is -0.957. The van der Waals surface area contributed by atoms with Crippen LogP contribution < -0.4 is 0 Å². The van der Waals surface area contributed by atoms with Crippen molar-refractivity contribution in [3.63, 3.8) is 0 Å². The number of aromatic nitrogens is 1. The molecule has 1 aromatic carbocycles. The van der Waals surface area contributed by atoms with Gasteiger partial charge in [-0.1, -0.05) is 11.6 Å². The number of nitrogens with zero attached hydrogens (tertiary/aromatic N) is 1. The van der Waals surface area contributed by atoms with Crippen molar-refractivity contribution in [2.24, 2.45) is 0 Å². The molecular weight excluding hydrogens is 230 g/mol. The number of aromatic hydroxyl groups is 1. The molecule has 0 unspecified atom stereocenters. The second kappa shape index (κ2) is 3.98. The fraction of sp³-hybridized carbons (Fsp3) is 0.0909. The number of fused-ring (bicyclic) bond motifs is 1. The van der Waals surface area contributed by atoms with Crippen molar-refractivity contribution >= 4 is 28.5 Å². The maximum Gasteiger partial charge on any atom is 0.307 e. The molecule has 0 spiro atoms. The van der Waals surface area contributed by atoms with Crippen LogP contribution in [0.4, 0.5) is 0 Å². The average Bonchev–Trinajstić information content (AvgIpc) is 2.19. The maximum absolute atomic E-state index is 10.6. The number of phenols is 1. The first-order valence-electron chi connectivity index (χ1n) is 4.56. The molecule has 2 rings (SSSR count). The van der Waals surface area contributed by atoms with Gasteiger partial charge < -0.3 is 10.2 Å². The lowest BCUT2D eigenvalue weighted by Crippen LogP contribution is -2.01. The van der Waals surface area contributed by atoms with Gasteiger partial charge in [0.1, 0.15) is 10.9 Å². The Bertz CT molecular complexity index is 568. The largest absolute Gasteiger partial charge is 0.508 e. The third-order valence-corrected chi connectivity index (χ3v) is 2.50. The monoisotopic (exact) mass is 237 g/mol. The van der Waals surface area contributed by atoms with Gasteiger partial charge in [-0.2, -0.15) is 0 Å². The van der Waals surface area contributed by atoms with Gasteiger partial charge in [0.25, 0.3) is 0 Å². The van der Waals surface area contributed by atoms with Crippen LogP contribution >= 0.6 is 11.6 Å². The van der Waals surface area contributed by atoms with Gasteiger partial charge in [-0.05, 0) is 18.2 Å². The Labute approximate surface area is 96.1 Å². The van der Waals surface area contributed by atoms with Gasteiger partial charge in [0.05, 0.1) is 11.9 Å². The SMILES string of the molecule is O=C(O)Cc1cc2ccc(O)cc2nc1Cl. The van der Waals surface area contributed by atoms with E-state index in [1.165, 1.54) is 12.1 Å². The van der Waals surface area contributed by atoms with Crippen molar-refractivity contribution in [1.29, 1.82) is 0 Å². The summed E-state index contributed by atoms with van der Waals surface area (Å²) in [6, 6.07) is 6.33. The Morgan fingerprint density at radius 1 is 1.38 bits per heavy atom. The molecule has 0 radical (unpaired) electrons. The lowest BCUT2D eigenvalue weighted by atomic mass is 10.1. The van der Waals surface area contributed by atoms with Crippen LogP contribution in [-0.2, 0) is 11.2 Å². The van der Waals surface area contributed by atoms with Crippen molar-refractivity contribution in [1.82, 2.24) is 4.98 Å². The molecule has 5 heteroatoms. The van der Waals surface area contributed by atoms with Crippen LogP contribution in [0, 0.1) is 0 Å². The van der Waals surface area contributed by atoms with Gasteiger partial charge in [-0.25, -0.2) is 4.98 Å². The van der Waals surface area contributed by atoms with Crippen LogP contribution in [0.15, 0.2) is 24.3 Å². The molecule has 0 saturated carbocycles. The maximum atomic E-state index is 10.6. The first-order valence-corrected chi connectivity index (χ1v) is 4.94. The van der Waals surface area contributed by atoms with Gasteiger partial charge in [0.2, 0.25) is 0 Å². The first-order chi connectivity index (χ1) is 7.56. The van der Waals surface area contributed by atoms with Gasteiger partial charge in [0.15, 0.2) is 0 Å². The minimum absolute atomic E-state index is 0.0991. The smallest absolute Gasteiger partial charge is 0.307 e. The zero-order valence-corrected chi connectivity index (χ0v) is 8.90. The third kappa shape index (κ3) is 2.06. The summed E-state index contributed by atoms with van der Waals surface area (Å²) in [6.07, 6.45) is -0.164. The van der Waals surface area contributed by atoms with Crippen molar-refractivity contribution in [3.05, 3.63) is 35.0 Å². The van der Waals surface area contributed by atoms with Crippen LogP contribution in [0.2, 0.25) is 5.15 Å². The molecule has 2 N–H and O–H groups in total. The highest BCUT2D eigenvalue weighted by molar-refractivity contribution is 6.30. The van der Waals surface area contributed by atoms with E-state index in [2.05, 4.69) is 4.98 Å². The molecule has 0 fully saturated rings. The molecule has 0 amide bonds. The summed E-state index contributed by atoms with van der Waals surface area (Å²) in [7, 11) is 0. The van der Waals surface area contributed by atoms with E-state index in [-0.39, 0.29) is 17.3 Å². The number of aliphatic carboxylic acids is 1. The van der Waals surface area contributed by atoms with Crippen LogP contribution in [0.25, 0.3) is 10.9 Å². The van der Waals surface area contributed by atoms with Crippen LogP contribution in [-0.4, -0.2) is 21.2 Å². The molecule has 2 aromatic rings. The van der Waals surface area contributed by atoms with Gasteiger partial charge in [0, 0.05) is 17.0 Å². The lowest BCUT2D eigenvalue weighted by molar-refractivity contribution is -0.136. The molecule has 1 heterocycles. The Morgan fingerprint density at radius 3 is 2.81 bits per heavy atom. The van der Waals surface area contributed by atoms with E-state index in [0.717, 1.165) is 5.39 Å². The number of pyridine rings is 1. The molecule has 1 aromatic heterocycles. The number of hydrogen-bond acceptors (Lipinski definition) is 3. The highest BCUT2D eigenvalue weighted by Gasteiger charge is 2.08. The third-order valence-electron chi connectivity index (χ3n) is 2.17. The number of halogens is 1. The highest BCUT2D eigenvalue weighted by Crippen LogP contribution is 2.23. The van der Waals surface area contributed by atoms with Crippen molar-refractivity contribution in [2.45, 2.75) is 6.42 Å². The number of carboxylic acid groups (broad SMARTS) is 1. The quantitative estimate of drug-likeness (QED) is 0.786. The van der Waals surface area contributed by atoms with Crippen LogP contribution in [0.3, 0.4) is 0 Å². The van der Waals surface area contributed by atoms with Gasteiger partial charge in [-0.3, -0.25) is 4.79 Å². The minimum Gasteiger partial charge on any atom is -0.508 e. The molecule has 0 bridgehead atoms. The van der Waals surface area contributed by atoms with Crippen molar-refractivity contribution < 1.29 is 15.0 Å². The molecule has 4 nitrogen and oxygen atoms in total. The fourth-order valence-corrected chi connectivity index (χ4v) is 1.68. The zero-order chi connectivity index (χ0) is 11.7. The van der Waals surface area contributed by atoms with Crippen molar-refractivity contribution in [3.8, 4) is 5.75 Å². The molecule has 0 aliphatic heterocycles. The van der Waals surface area contributed by atoms with E-state index in [9.17, 15) is 9.90 Å². The Kier molecular flexibility index (Phi) is 2.66. The fourth-order valence-electron chi connectivity index (χ4n) is 1.46. The van der Waals surface area contributed by atoms with E-state index in [1.807, 2.05) is 0 Å². The Balaban J connectivity index is 2.58. The molecule has 82 valence electrons. The molecular formula is C11H8ClNO3. The summed E-state index contributed by atoms with van der Waals surface area (Å²) >= 11 is 5.84. The summed E-state index contributed by atoms with van der Waals surface area (Å²) in [5, 5.41) is 18.8. The highest BCUT2D eigenvalue weighted by atomic mass is 35.5. The van der Waals surface area contributed by atoms with E-state index in [1.54, 1.807) is 12.1 Å². The van der Waals surface area contributed by atoms with Gasteiger partial charge in [-0.15, -0.1) is 0 Å². The second-order valence-corrected chi connectivity index (χ2v) is 3.74. The Morgan fingerprint density at radius 2 is 2.12 bits per heavy atom. The lowest BCUT2D eigenvalue weighted by Gasteiger charge is -2.04. The number of phenolic OH excluding ortho intramolecular Hbond substituents is 1. The summed E-state index contributed by atoms with van der Waals surface area (Å²) < 4.78 is 0. The van der Waals surface area contributed by atoms with Crippen LogP contribution in [0.5, 0.6) is 5.75 Å². The van der Waals surface area contributed by atoms with E-state index < -0.39 is 5.97 Å². The molecule has 0 atom stereocenters. The number of carboxylic acids is 1. The standard InChI is InChI=1S/C11H8ClNO3/c12-11-7(4-10(15)16)3-6-1-2-8(14)5-9(6)13-11/h1-3,5,14H,4H2,(H,15,16). The van der Waals surface area contributed by atoms with Crippen LogP contribution in [0.1, 0.15) is 5.56 Å². The Hall–Kier alpha value is -1.81. The predicted octanol–water partition coefficient (Wildman–Crippen LogP) is 2.22. The summed E-state index contributed by atoms with van der Waals surface area (Å²) in [4.78, 5) is 14.6.